The van der Waals surface area contributed by atoms with E-state index in [1.807, 2.05) is 6.92 Å². The maximum Gasteiger partial charge on any atom is 0.273 e. The average molecular weight is 289 g/mol. The second-order valence-electron chi connectivity index (χ2n) is 4.56. The third-order valence-corrected chi connectivity index (χ3v) is 3.08. The zero-order valence-corrected chi connectivity index (χ0v) is 11.8. The normalized spacial score (nSPS) is 10.2. The van der Waals surface area contributed by atoms with Gasteiger partial charge in [0.15, 0.2) is 0 Å². The van der Waals surface area contributed by atoms with Crippen molar-refractivity contribution in [1.82, 2.24) is 0 Å². The Kier molecular flexibility index (Phi) is 4.37. The SMILES string of the molecule is CCNc1cc(N(C)c2cccc(F)c2)cc([N+](=O)[O-])c1. The summed E-state index contributed by atoms with van der Waals surface area (Å²) in [7, 11) is 1.74. The molecule has 0 aliphatic carbocycles. The molecule has 0 radical (unpaired) electrons. The summed E-state index contributed by atoms with van der Waals surface area (Å²) in [6.07, 6.45) is 0. The highest BCUT2D eigenvalue weighted by molar-refractivity contribution is 5.70. The smallest absolute Gasteiger partial charge is 0.273 e. The number of rotatable bonds is 5. The van der Waals surface area contributed by atoms with Crippen molar-refractivity contribution in [2.75, 3.05) is 23.8 Å². The lowest BCUT2D eigenvalue weighted by atomic mass is 10.2. The van der Waals surface area contributed by atoms with Gasteiger partial charge in [-0.1, -0.05) is 6.07 Å². The summed E-state index contributed by atoms with van der Waals surface area (Å²) in [5.41, 5.74) is 1.89. The van der Waals surface area contributed by atoms with Gasteiger partial charge in [-0.2, -0.15) is 0 Å². The highest BCUT2D eigenvalue weighted by Crippen LogP contribution is 2.30. The van der Waals surface area contributed by atoms with Crippen molar-refractivity contribution in [1.29, 1.82) is 0 Å². The molecule has 0 aliphatic heterocycles. The van der Waals surface area contributed by atoms with Crippen LogP contribution in [0.1, 0.15) is 6.92 Å². The average Bonchev–Trinajstić information content (AvgIpc) is 2.46. The van der Waals surface area contributed by atoms with Gasteiger partial charge in [-0.05, 0) is 31.2 Å². The van der Waals surface area contributed by atoms with E-state index in [4.69, 9.17) is 0 Å². The molecule has 110 valence electrons. The molecule has 2 aromatic carbocycles. The molecule has 0 amide bonds. The lowest BCUT2D eigenvalue weighted by Crippen LogP contribution is -2.10. The first-order valence-corrected chi connectivity index (χ1v) is 6.54. The van der Waals surface area contributed by atoms with Crippen LogP contribution in [-0.2, 0) is 0 Å². The largest absolute Gasteiger partial charge is 0.385 e. The van der Waals surface area contributed by atoms with Gasteiger partial charge in [-0.15, -0.1) is 0 Å². The summed E-state index contributed by atoms with van der Waals surface area (Å²) in [5, 5.41) is 14.1. The van der Waals surface area contributed by atoms with Crippen LogP contribution in [0.2, 0.25) is 0 Å². The zero-order chi connectivity index (χ0) is 15.4. The highest BCUT2D eigenvalue weighted by Gasteiger charge is 2.13. The van der Waals surface area contributed by atoms with Crippen molar-refractivity contribution in [3.63, 3.8) is 0 Å². The topological polar surface area (TPSA) is 58.4 Å². The molecule has 5 nitrogen and oxygen atoms in total. The molecule has 2 aromatic rings. The molecule has 0 heterocycles. The van der Waals surface area contributed by atoms with Crippen LogP contribution in [-0.4, -0.2) is 18.5 Å². The van der Waals surface area contributed by atoms with Crippen LogP contribution in [0.3, 0.4) is 0 Å². The summed E-state index contributed by atoms with van der Waals surface area (Å²) in [5.74, 6) is -0.350. The minimum absolute atomic E-state index is 0.00768. The predicted octanol–water partition coefficient (Wildman–Crippen LogP) is 3.93. The maximum atomic E-state index is 13.3. The number of nitro groups is 1. The number of anilines is 3. The first-order chi connectivity index (χ1) is 10.0. The maximum absolute atomic E-state index is 13.3. The second kappa shape index (κ2) is 6.21. The summed E-state index contributed by atoms with van der Waals surface area (Å²) in [6, 6.07) is 10.8. The van der Waals surface area contributed by atoms with Gasteiger partial charge in [-0.3, -0.25) is 10.1 Å². The number of non-ortho nitro benzene ring substituents is 1. The fourth-order valence-electron chi connectivity index (χ4n) is 2.03. The van der Waals surface area contributed by atoms with Gasteiger partial charge < -0.3 is 10.2 Å². The standard InChI is InChI=1S/C15H16FN3O2/c1-3-17-12-8-14(10-15(9-12)19(20)21)18(2)13-6-4-5-11(16)7-13/h4-10,17H,3H2,1-2H3. The Labute approximate surface area is 122 Å². The Bertz CT molecular complexity index is 661. The molecule has 0 aliphatic rings. The van der Waals surface area contributed by atoms with Gasteiger partial charge in [0.05, 0.1) is 4.92 Å². The van der Waals surface area contributed by atoms with Crippen molar-refractivity contribution < 1.29 is 9.31 Å². The molecule has 0 saturated heterocycles. The first-order valence-electron chi connectivity index (χ1n) is 6.54. The number of nitrogens with one attached hydrogen (secondary N) is 1. The van der Waals surface area contributed by atoms with Gasteiger partial charge in [0, 0.05) is 42.8 Å². The third kappa shape index (κ3) is 3.47. The Balaban J connectivity index is 2.44. The molecule has 1 N–H and O–H groups in total. The Hall–Kier alpha value is -2.63. The molecule has 0 saturated carbocycles. The van der Waals surface area contributed by atoms with Gasteiger partial charge >= 0.3 is 0 Å². The molecule has 6 heteroatoms. The minimum atomic E-state index is -0.441. The lowest BCUT2D eigenvalue weighted by Gasteiger charge is -2.20. The van der Waals surface area contributed by atoms with Gasteiger partial charge in [-0.25, -0.2) is 4.39 Å². The van der Waals surface area contributed by atoms with E-state index in [0.717, 1.165) is 0 Å². The van der Waals surface area contributed by atoms with Crippen LogP contribution in [0.5, 0.6) is 0 Å². The summed E-state index contributed by atoms with van der Waals surface area (Å²) in [6.45, 7) is 2.57. The third-order valence-electron chi connectivity index (χ3n) is 3.08. The van der Waals surface area contributed by atoms with Crippen molar-refractivity contribution in [3.8, 4) is 0 Å². The van der Waals surface area contributed by atoms with Crippen LogP contribution in [0, 0.1) is 15.9 Å². The summed E-state index contributed by atoms with van der Waals surface area (Å²) in [4.78, 5) is 12.3. The van der Waals surface area contributed by atoms with E-state index in [9.17, 15) is 14.5 Å². The number of nitro benzene ring substituents is 1. The van der Waals surface area contributed by atoms with Gasteiger partial charge in [0.1, 0.15) is 5.82 Å². The van der Waals surface area contributed by atoms with E-state index in [2.05, 4.69) is 5.32 Å². The first kappa shape index (κ1) is 14.8. The number of hydrogen-bond donors (Lipinski definition) is 1. The highest BCUT2D eigenvalue weighted by atomic mass is 19.1. The minimum Gasteiger partial charge on any atom is -0.385 e. The van der Waals surface area contributed by atoms with E-state index >= 15 is 0 Å². The molecule has 0 fully saturated rings. The fraction of sp³-hybridized carbons (Fsp3) is 0.200. The van der Waals surface area contributed by atoms with Crippen LogP contribution < -0.4 is 10.2 Å². The van der Waals surface area contributed by atoms with Crippen LogP contribution in [0.15, 0.2) is 42.5 Å². The lowest BCUT2D eigenvalue weighted by molar-refractivity contribution is -0.384. The Morgan fingerprint density at radius 1 is 1.24 bits per heavy atom. The molecular weight excluding hydrogens is 273 g/mol. The molecule has 21 heavy (non-hydrogen) atoms. The second-order valence-corrected chi connectivity index (χ2v) is 4.56. The Morgan fingerprint density at radius 3 is 2.62 bits per heavy atom. The van der Waals surface area contributed by atoms with E-state index in [1.54, 1.807) is 30.1 Å². The van der Waals surface area contributed by atoms with Gasteiger partial charge in [0.2, 0.25) is 0 Å². The fourth-order valence-corrected chi connectivity index (χ4v) is 2.03. The molecule has 2 rings (SSSR count). The molecule has 0 atom stereocenters. The Morgan fingerprint density at radius 2 is 2.00 bits per heavy atom. The van der Waals surface area contributed by atoms with E-state index in [1.165, 1.54) is 24.3 Å². The summed E-state index contributed by atoms with van der Waals surface area (Å²) < 4.78 is 13.3. The number of benzene rings is 2. The predicted molar refractivity (Wildman–Crippen MR) is 81.7 cm³/mol. The summed E-state index contributed by atoms with van der Waals surface area (Å²) >= 11 is 0. The number of nitrogens with zero attached hydrogens (tertiary/aromatic N) is 2. The van der Waals surface area contributed by atoms with Crippen molar-refractivity contribution in [2.24, 2.45) is 0 Å². The van der Waals surface area contributed by atoms with Gasteiger partial charge in [0.25, 0.3) is 5.69 Å². The number of hydrogen-bond acceptors (Lipinski definition) is 4. The molecule has 0 aromatic heterocycles. The van der Waals surface area contributed by atoms with Crippen molar-refractivity contribution in [2.45, 2.75) is 6.92 Å². The van der Waals surface area contributed by atoms with E-state index in [-0.39, 0.29) is 11.5 Å². The van der Waals surface area contributed by atoms with E-state index < -0.39 is 4.92 Å². The van der Waals surface area contributed by atoms with Crippen LogP contribution >= 0.6 is 0 Å². The monoisotopic (exact) mass is 289 g/mol. The quantitative estimate of drug-likeness (QED) is 0.669. The van der Waals surface area contributed by atoms with E-state index in [0.29, 0.717) is 23.6 Å². The van der Waals surface area contributed by atoms with Crippen LogP contribution in [0.25, 0.3) is 0 Å². The zero-order valence-electron chi connectivity index (χ0n) is 11.8. The van der Waals surface area contributed by atoms with Crippen molar-refractivity contribution >= 4 is 22.7 Å². The molecule has 0 bridgehead atoms. The molecular formula is C15H16FN3O2. The number of halogens is 1. The molecule has 0 spiro atoms. The van der Waals surface area contributed by atoms with Crippen LogP contribution in [0.4, 0.5) is 27.1 Å². The van der Waals surface area contributed by atoms with Crippen molar-refractivity contribution in [3.05, 3.63) is 58.4 Å². The molecule has 0 unspecified atom stereocenters.